The maximum Gasteiger partial charge on any atom is 0.321 e. The monoisotopic (exact) mass is 479 g/mol. The van der Waals surface area contributed by atoms with E-state index in [0.29, 0.717) is 35.9 Å². The first-order chi connectivity index (χ1) is 16.4. The number of amides is 1. The van der Waals surface area contributed by atoms with Gasteiger partial charge in [-0.3, -0.25) is 14.8 Å². The highest BCUT2D eigenvalue weighted by molar-refractivity contribution is 7.20. The van der Waals surface area contributed by atoms with Crippen molar-refractivity contribution in [1.29, 1.82) is 0 Å². The molecule has 1 unspecified atom stereocenters. The van der Waals surface area contributed by atoms with E-state index >= 15 is 0 Å². The third kappa shape index (κ3) is 5.70. The molecule has 3 aromatic rings. The molecule has 0 saturated carbocycles. The Morgan fingerprint density at radius 3 is 2.53 bits per heavy atom. The van der Waals surface area contributed by atoms with Crippen LogP contribution in [0.4, 0.5) is 0 Å². The minimum absolute atomic E-state index is 0.235. The Hall–Kier alpha value is -3.50. The Labute approximate surface area is 200 Å². The second-order valence-electron chi connectivity index (χ2n) is 8.00. The molecule has 0 saturated heterocycles. The summed E-state index contributed by atoms with van der Waals surface area (Å²) in [5.41, 5.74) is 9.54. The van der Waals surface area contributed by atoms with Crippen molar-refractivity contribution in [3.8, 4) is 5.75 Å². The zero-order chi connectivity index (χ0) is 24.1. The second kappa shape index (κ2) is 10.6. The highest BCUT2D eigenvalue weighted by atomic mass is 32.1. The summed E-state index contributed by atoms with van der Waals surface area (Å²) in [7, 11) is 0. The van der Waals surface area contributed by atoms with Gasteiger partial charge < -0.3 is 20.9 Å². The van der Waals surface area contributed by atoms with Crippen LogP contribution in [-0.4, -0.2) is 28.2 Å². The molecule has 34 heavy (non-hydrogen) atoms. The fraction of sp³-hybridized carbons (Fsp3) is 0.200. The van der Waals surface area contributed by atoms with E-state index in [4.69, 9.17) is 20.8 Å². The van der Waals surface area contributed by atoms with Gasteiger partial charge in [-0.1, -0.05) is 30.3 Å². The predicted molar refractivity (Wildman–Crippen MR) is 130 cm³/mol. The van der Waals surface area contributed by atoms with Gasteiger partial charge in [0.1, 0.15) is 17.6 Å². The number of thiophene rings is 1. The van der Waals surface area contributed by atoms with Gasteiger partial charge in [-0.05, 0) is 59.4 Å². The zero-order valence-electron chi connectivity index (χ0n) is 18.2. The number of ether oxygens (including phenoxy) is 1. The Kier molecular flexibility index (Phi) is 7.39. The topological polar surface area (TPSA) is 134 Å². The van der Waals surface area contributed by atoms with Crippen molar-refractivity contribution in [3.05, 3.63) is 88.5 Å². The van der Waals surface area contributed by atoms with Crippen LogP contribution in [0.1, 0.15) is 27.2 Å². The van der Waals surface area contributed by atoms with Gasteiger partial charge in [0.2, 0.25) is 0 Å². The first kappa shape index (κ1) is 23.7. The molecule has 2 atom stereocenters. The van der Waals surface area contributed by atoms with Crippen LogP contribution >= 0.6 is 11.3 Å². The van der Waals surface area contributed by atoms with Crippen molar-refractivity contribution in [2.24, 2.45) is 11.7 Å². The minimum atomic E-state index is -1.01. The number of aliphatic carboxylic acids is 1. The molecule has 4 rings (SSSR count). The summed E-state index contributed by atoms with van der Waals surface area (Å²) in [5, 5.41) is 22.2. The van der Waals surface area contributed by atoms with Crippen LogP contribution in [0.5, 0.6) is 5.75 Å². The molecule has 1 heterocycles. The number of fused-ring (bicyclic) bond motifs is 1. The van der Waals surface area contributed by atoms with Gasteiger partial charge in [-0.25, -0.2) is 5.48 Å². The fourth-order valence-electron chi connectivity index (χ4n) is 3.66. The van der Waals surface area contributed by atoms with Gasteiger partial charge in [0.25, 0.3) is 5.91 Å². The van der Waals surface area contributed by atoms with Gasteiger partial charge in [-0.15, -0.1) is 11.3 Å². The molecular formula is C25H25N3O5S. The average Bonchev–Trinajstić information content (AvgIpc) is 3.28. The van der Waals surface area contributed by atoms with E-state index in [1.54, 1.807) is 23.7 Å². The van der Waals surface area contributed by atoms with Crippen molar-refractivity contribution < 1.29 is 24.6 Å². The summed E-state index contributed by atoms with van der Waals surface area (Å²) < 4.78 is 6.85. The van der Waals surface area contributed by atoms with Crippen molar-refractivity contribution >= 4 is 33.3 Å². The zero-order valence-corrected chi connectivity index (χ0v) is 19.0. The largest absolute Gasteiger partial charge is 0.480 e. The number of nitrogens with one attached hydrogen (secondary N) is 2. The Morgan fingerprint density at radius 2 is 1.85 bits per heavy atom. The Balaban J connectivity index is 1.27. The molecule has 1 aliphatic carbocycles. The average molecular weight is 480 g/mol. The lowest BCUT2D eigenvalue weighted by atomic mass is 9.93. The molecule has 9 heteroatoms. The molecule has 2 aromatic carbocycles. The van der Waals surface area contributed by atoms with E-state index in [9.17, 15) is 9.59 Å². The molecule has 0 aliphatic heterocycles. The third-order valence-corrected chi connectivity index (χ3v) is 6.67. The first-order valence-electron chi connectivity index (χ1n) is 10.7. The molecule has 0 fully saturated rings. The Bertz CT molecular complexity index is 1250. The highest BCUT2D eigenvalue weighted by Gasteiger charge is 2.23. The molecule has 0 bridgehead atoms. The molecule has 0 spiro atoms. The normalized spacial score (nSPS) is 16.2. The number of hydrogen-bond acceptors (Lipinski definition) is 7. The van der Waals surface area contributed by atoms with Gasteiger partial charge in [0, 0.05) is 23.7 Å². The molecule has 1 aliphatic rings. The maximum absolute atomic E-state index is 11.6. The van der Waals surface area contributed by atoms with E-state index in [2.05, 4.69) is 5.32 Å². The SMILES string of the molecule is N[C@H](C(=O)O)C1C=CC(Oc2ccc(CNCc3ccc4cc(C(=O)NO)sc4c3)cc2)=CC1. The number of hydrogen-bond donors (Lipinski definition) is 5. The van der Waals surface area contributed by atoms with Crippen LogP contribution in [0.3, 0.4) is 0 Å². The van der Waals surface area contributed by atoms with Gasteiger partial charge in [0.15, 0.2) is 0 Å². The number of hydroxylamine groups is 1. The fourth-order valence-corrected chi connectivity index (χ4v) is 4.67. The number of carbonyl (C=O) groups excluding carboxylic acids is 1. The van der Waals surface area contributed by atoms with E-state index in [-0.39, 0.29) is 5.92 Å². The summed E-state index contributed by atoms with van der Waals surface area (Å²) in [5.74, 6) is -0.378. The summed E-state index contributed by atoms with van der Waals surface area (Å²) in [6, 6.07) is 14.6. The molecular weight excluding hydrogens is 454 g/mol. The number of carboxylic acids is 1. The van der Waals surface area contributed by atoms with Crippen LogP contribution < -0.4 is 21.3 Å². The standard InChI is InChI=1S/C25H25N3O5S/c26-23(25(30)31)17-5-9-20(10-6-17)33-19-7-2-15(3-8-19)13-27-14-16-1-4-18-12-22(24(29)28-32)34-21(18)11-16/h1-5,7-12,17,23,27,32H,6,13-14,26H2,(H,28,29)(H,30,31)/t17?,23-/m0/s1. The van der Waals surface area contributed by atoms with Gasteiger partial charge in [-0.2, -0.15) is 0 Å². The van der Waals surface area contributed by atoms with Crippen molar-refractivity contribution in [2.45, 2.75) is 25.6 Å². The smallest absolute Gasteiger partial charge is 0.321 e. The predicted octanol–water partition coefficient (Wildman–Crippen LogP) is 3.56. The summed E-state index contributed by atoms with van der Waals surface area (Å²) in [6.07, 6.45) is 5.92. The minimum Gasteiger partial charge on any atom is -0.480 e. The van der Waals surface area contributed by atoms with Crippen LogP contribution in [0.15, 0.2) is 72.5 Å². The lowest BCUT2D eigenvalue weighted by molar-refractivity contribution is -0.139. The summed E-state index contributed by atoms with van der Waals surface area (Å²) in [6.45, 7) is 1.35. The number of allylic oxidation sites excluding steroid dienone is 2. The molecule has 6 N–H and O–H groups in total. The lowest BCUT2D eigenvalue weighted by Gasteiger charge is -2.19. The lowest BCUT2D eigenvalue weighted by Crippen LogP contribution is -2.37. The molecule has 0 radical (unpaired) electrons. The van der Waals surface area contributed by atoms with Crippen LogP contribution in [0.2, 0.25) is 0 Å². The van der Waals surface area contributed by atoms with E-state index in [0.717, 1.165) is 21.2 Å². The second-order valence-corrected chi connectivity index (χ2v) is 9.09. The van der Waals surface area contributed by atoms with Crippen molar-refractivity contribution in [3.63, 3.8) is 0 Å². The van der Waals surface area contributed by atoms with Crippen molar-refractivity contribution in [1.82, 2.24) is 10.8 Å². The summed E-state index contributed by atoms with van der Waals surface area (Å²) in [4.78, 5) is 23.1. The Morgan fingerprint density at radius 1 is 1.12 bits per heavy atom. The van der Waals surface area contributed by atoms with E-state index in [1.807, 2.05) is 48.5 Å². The highest BCUT2D eigenvalue weighted by Crippen LogP contribution is 2.27. The van der Waals surface area contributed by atoms with Gasteiger partial charge >= 0.3 is 5.97 Å². The number of rotatable bonds is 9. The number of carboxylic acid groups (broad SMARTS) is 1. The third-order valence-electron chi connectivity index (χ3n) is 5.57. The van der Waals surface area contributed by atoms with Crippen LogP contribution in [0, 0.1) is 5.92 Å². The van der Waals surface area contributed by atoms with E-state index < -0.39 is 17.9 Å². The molecule has 8 nitrogen and oxygen atoms in total. The van der Waals surface area contributed by atoms with Crippen LogP contribution in [0.25, 0.3) is 10.1 Å². The van der Waals surface area contributed by atoms with E-state index in [1.165, 1.54) is 11.3 Å². The number of nitrogens with two attached hydrogens (primary N) is 1. The maximum atomic E-state index is 11.6. The van der Waals surface area contributed by atoms with Gasteiger partial charge in [0.05, 0.1) is 4.88 Å². The number of benzene rings is 2. The quantitative estimate of drug-likeness (QED) is 0.234. The molecule has 1 aromatic heterocycles. The first-order valence-corrected chi connectivity index (χ1v) is 11.6. The molecule has 1 amide bonds. The number of carbonyl (C=O) groups is 2. The molecule has 176 valence electrons. The van der Waals surface area contributed by atoms with Crippen LogP contribution in [-0.2, 0) is 17.9 Å². The van der Waals surface area contributed by atoms with Crippen molar-refractivity contribution in [2.75, 3.05) is 0 Å². The summed E-state index contributed by atoms with van der Waals surface area (Å²) >= 11 is 1.34.